The fourth-order valence-electron chi connectivity index (χ4n) is 2.44. The van der Waals surface area contributed by atoms with Crippen LogP contribution in [-0.2, 0) is 4.79 Å². The van der Waals surface area contributed by atoms with E-state index in [-0.39, 0.29) is 11.6 Å². The molecular formula is C20H19IN2O3. The summed E-state index contributed by atoms with van der Waals surface area (Å²) < 4.78 is 11.4. The van der Waals surface area contributed by atoms with Gasteiger partial charge in [-0.15, -0.1) is 0 Å². The highest BCUT2D eigenvalue weighted by molar-refractivity contribution is 14.1. The van der Waals surface area contributed by atoms with E-state index >= 15 is 0 Å². The second-order valence-corrected chi connectivity index (χ2v) is 6.68. The summed E-state index contributed by atoms with van der Waals surface area (Å²) in [7, 11) is 3.11. The summed E-state index contributed by atoms with van der Waals surface area (Å²) in [6.07, 6.45) is 1.54. The number of nitriles is 1. The Bertz CT molecular complexity index is 857. The van der Waals surface area contributed by atoms with Crippen LogP contribution in [0.25, 0.3) is 6.08 Å². The first-order chi connectivity index (χ1) is 12.5. The lowest BCUT2D eigenvalue weighted by Crippen LogP contribution is -2.27. The quantitative estimate of drug-likeness (QED) is 0.399. The van der Waals surface area contributed by atoms with E-state index in [1.54, 1.807) is 20.3 Å². The molecule has 0 fully saturated rings. The molecule has 2 rings (SSSR count). The molecule has 2 aromatic rings. The van der Waals surface area contributed by atoms with Crippen LogP contribution in [0.2, 0.25) is 0 Å². The van der Waals surface area contributed by atoms with Crippen LogP contribution in [0, 0.1) is 14.9 Å². The molecule has 1 N–H and O–H groups in total. The molecular weight excluding hydrogens is 443 g/mol. The van der Waals surface area contributed by atoms with Crippen molar-refractivity contribution in [3.63, 3.8) is 0 Å². The number of nitrogens with one attached hydrogen (secondary N) is 1. The largest absolute Gasteiger partial charge is 0.493 e. The van der Waals surface area contributed by atoms with Gasteiger partial charge in [-0.05, 0) is 58.9 Å². The topological polar surface area (TPSA) is 71.3 Å². The zero-order valence-corrected chi connectivity index (χ0v) is 16.9. The van der Waals surface area contributed by atoms with Crippen molar-refractivity contribution in [2.45, 2.75) is 13.0 Å². The van der Waals surface area contributed by atoms with Crippen LogP contribution in [0.3, 0.4) is 0 Å². The lowest BCUT2D eigenvalue weighted by Gasteiger charge is -2.14. The van der Waals surface area contributed by atoms with E-state index in [0.29, 0.717) is 17.1 Å². The number of hydrogen-bond acceptors (Lipinski definition) is 4. The van der Waals surface area contributed by atoms with Crippen molar-refractivity contribution in [2.24, 2.45) is 0 Å². The summed E-state index contributed by atoms with van der Waals surface area (Å²) in [5.41, 5.74) is 1.68. The third-order valence-electron chi connectivity index (χ3n) is 3.78. The van der Waals surface area contributed by atoms with Crippen molar-refractivity contribution >= 4 is 34.6 Å². The number of halogens is 1. The number of rotatable bonds is 6. The highest BCUT2D eigenvalue weighted by Gasteiger charge is 2.15. The molecule has 0 aliphatic rings. The van der Waals surface area contributed by atoms with Gasteiger partial charge in [0, 0.05) is 0 Å². The van der Waals surface area contributed by atoms with Crippen LogP contribution < -0.4 is 14.8 Å². The van der Waals surface area contributed by atoms with Crippen molar-refractivity contribution in [3.05, 3.63) is 62.7 Å². The first-order valence-corrected chi connectivity index (χ1v) is 8.97. The van der Waals surface area contributed by atoms with Crippen LogP contribution in [0.1, 0.15) is 24.1 Å². The third-order valence-corrected chi connectivity index (χ3v) is 4.58. The molecule has 1 amide bonds. The summed E-state index contributed by atoms with van der Waals surface area (Å²) >= 11 is 2.12. The maximum absolute atomic E-state index is 12.5. The second-order valence-electron chi connectivity index (χ2n) is 5.51. The second kappa shape index (κ2) is 9.25. The van der Waals surface area contributed by atoms with Gasteiger partial charge in [-0.3, -0.25) is 4.79 Å². The first-order valence-electron chi connectivity index (χ1n) is 7.89. The summed E-state index contributed by atoms with van der Waals surface area (Å²) in [5.74, 6) is 0.737. The normalized spacial score (nSPS) is 12.0. The Morgan fingerprint density at radius 2 is 1.92 bits per heavy atom. The van der Waals surface area contributed by atoms with Gasteiger partial charge < -0.3 is 14.8 Å². The minimum atomic E-state index is -0.423. The van der Waals surface area contributed by atoms with Crippen LogP contribution >= 0.6 is 22.6 Å². The van der Waals surface area contributed by atoms with Gasteiger partial charge in [0.15, 0.2) is 11.5 Å². The number of hydrogen-bond donors (Lipinski definition) is 1. The Balaban J connectivity index is 2.26. The van der Waals surface area contributed by atoms with E-state index in [1.807, 2.05) is 49.4 Å². The van der Waals surface area contributed by atoms with Crippen LogP contribution in [-0.4, -0.2) is 20.1 Å². The van der Waals surface area contributed by atoms with Gasteiger partial charge in [-0.25, -0.2) is 0 Å². The predicted octanol–water partition coefficient (Wildman–Crippen LogP) is 4.09. The zero-order valence-electron chi connectivity index (χ0n) is 14.7. The highest BCUT2D eigenvalue weighted by Crippen LogP contribution is 2.34. The van der Waals surface area contributed by atoms with Gasteiger partial charge in [0.1, 0.15) is 11.6 Å². The lowest BCUT2D eigenvalue weighted by atomic mass is 10.1. The smallest absolute Gasteiger partial charge is 0.262 e. The molecule has 0 spiro atoms. The fourth-order valence-corrected chi connectivity index (χ4v) is 3.28. The number of amides is 1. The number of ether oxygens (including phenoxy) is 2. The molecule has 1 unspecified atom stereocenters. The predicted molar refractivity (Wildman–Crippen MR) is 109 cm³/mol. The summed E-state index contributed by atoms with van der Waals surface area (Å²) in [5, 5.41) is 12.2. The number of methoxy groups -OCH3 is 2. The van der Waals surface area contributed by atoms with Crippen LogP contribution in [0.4, 0.5) is 0 Å². The van der Waals surface area contributed by atoms with Crippen molar-refractivity contribution in [1.29, 1.82) is 5.26 Å². The number of benzene rings is 2. The van der Waals surface area contributed by atoms with E-state index in [9.17, 15) is 10.1 Å². The molecule has 0 saturated carbocycles. The molecule has 6 heteroatoms. The Morgan fingerprint density at radius 3 is 2.50 bits per heavy atom. The lowest BCUT2D eigenvalue weighted by molar-refractivity contribution is -0.117. The first kappa shape index (κ1) is 19.8. The van der Waals surface area contributed by atoms with Crippen molar-refractivity contribution in [1.82, 2.24) is 5.32 Å². The van der Waals surface area contributed by atoms with Crippen molar-refractivity contribution < 1.29 is 14.3 Å². The number of carbonyl (C=O) groups excluding carboxylic acids is 1. The van der Waals surface area contributed by atoms with E-state index in [2.05, 4.69) is 27.9 Å². The average molecular weight is 462 g/mol. The molecule has 5 nitrogen and oxygen atoms in total. The minimum absolute atomic E-state index is 0.0239. The van der Waals surface area contributed by atoms with Crippen molar-refractivity contribution in [3.8, 4) is 17.6 Å². The standard InChI is InChI=1S/C20H19IN2O3/c1-13(15-7-5-4-6-8-15)23-20(24)16(12-22)9-14-10-17(21)19(26-3)18(11-14)25-2/h4-11,13H,1-3H3,(H,23,24). The number of carbonyl (C=O) groups is 1. The van der Waals surface area contributed by atoms with Gasteiger partial charge in [0.2, 0.25) is 0 Å². The Kier molecular flexibility index (Phi) is 7.04. The van der Waals surface area contributed by atoms with Crippen LogP contribution in [0.15, 0.2) is 48.0 Å². The van der Waals surface area contributed by atoms with E-state index in [1.165, 1.54) is 6.08 Å². The third kappa shape index (κ3) is 4.76. The van der Waals surface area contributed by atoms with Crippen LogP contribution in [0.5, 0.6) is 11.5 Å². The average Bonchev–Trinajstić information content (AvgIpc) is 2.66. The minimum Gasteiger partial charge on any atom is -0.493 e. The molecule has 0 radical (unpaired) electrons. The molecule has 26 heavy (non-hydrogen) atoms. The molecule has 0 aromatic heterocycles. The molecule has 0 aliphatic heterocycles. The van der Waals surface area contributed by atoms with Gasteiger partial charge in [0.05, 0.1) is 23.8 Å². The Hall–Kier alpha value is -2.53. The van der Waals surface area contributed by atoms with Gasteiger partial charge in [-0.1, -0.05) is 30.3 Å². The van der Waals surface area contributed by atoms with Crippen molar-refractivity contribution in [2.75, 3.05) is 14.2 Å². The summed E-state index contributed by atoms with van der Waals surface area (Å²) in [4.78, 5) is 12.5. The maximum atomic E-state index is 12.5. The monoisotopic (exact) mass is 462 g/mol. The fraction of sp³-hybridized carbons (Fsp3) is 0.200. The maximum Gasteiger partial charge on any atom is 0.262 e. The zero-order chi connectivity index (χ0) is 19.1. The molecule has 134 valence electrons. The van der Waals surface area contributed by atoms with E-state index in [0.717, 1.165) is 9.13 Å². The van der Waals surface area contributed by atoms with E-state index in [4.69, 9.17) is 9.47 Å². The molecule has 2 aromatic carbocycles. The SMILES string of the molecule is COc1cc(C=C(C#N)C(=O)NC(C)c2ccccc2)cc(I)c1OC. The molecule has 0 saturated heterocycles. The van der Waals surface area contributed by atoms with Gasteiger partial charge in [-0.2, -0.15) is 5.26 Å². The van der Waals surface area contributed by atoms with E-state index < -0.39 is 5.91 Å². The summed E-state index contributed by atoms with van der Waals surface area (Å²) in [6.45, 7) is 1.88. The Labute approximate surface area is 166 Å². The highest BCUT2D eigenvalue weighted by atomic mass is 127. The molecule has 0 heterocycles. The van der Waals surface area contributed by atoms with Gasteiger partial charge >= 0.3 is 0 Å². The molecule has 1 atom stereocenters. The van der Waals surface area contributed by atoms with Gasteiger partial charge in [0.25, 0.3) is 5.91 Å². The molecule has 0 bridgehead atoms. The number of nitrogens with zero attached hydrogens (tertiary/aromatic N) is 1. The molecule has 0 aliphatic carbocycles. The summed E-state index contributed by atoms with van der Waals surface area (Å²) in [6, 6.07) is 14.9. The Morgan fingerprint density at radius 1 is 1.23 bits per heavy atom.